The quantitative estimate of drug-likeness (QED) is 0.551. The smallest absolute Gasteiger partial charge is 0.216 e. The van der Waals surface area contributed by atoms with Crippen LogP contribution in [0.4, 0.5) is 0 Å². The van der Waals surface area contributed by atoms with Crippen LogP contribution in [-0.4, -0.2) is 17.5 Å². The summed E-state index contributed by atoms with van der Waals surface area (Å²) in [7, 11) is 0. The van der Waals surface area contributed by atoms with Gasteiger partial charge in [-0.2, -0.15) is 0 Å². The first kappa shape index (κ1) is 10.6. The van der Waals surface area contributed by atoms with Crippen LogP contribution in [0.1, 0.15) is 24.3 Å². The summed E-state index contributed by atoms with van der Waals surface area (Å²) in [6, 6.07) is 0. The second-order valence-corrected chi connectivity index (χ2v) is 2.98. The highest BCUT2D eigenvalue weighted by Crippen LogP contribution is 2.08. The van der Waals surface area contributed by atoms with Crippen molar-refractivity contribution >= 4 is 5.96 Å². The van der Waals surface area contributed by atoms with Gasteiger partial charge in [-0.15, -0.1) is 0 Å². The molecule has 0 bridgehead atoms. The molecule has 0 radical (unpaired) electrons. The average Bonchev–Trinajstić information content (AvgIpc) is 2.44. The molecule has 0 saturated carbocycles. The summed E-state index contributed by atoms with van der Waals surface area (Å²) in [6.45, 7) is 6.89. The molecule has 0 aliphatic heterocycles. The van der Waals surface area contributed by atoms with Gasteiger partial charge in [0.2, 0.25) is 5.89 Å². The largest absolute Gasteiger partial charge is 0.444 e. The Bertz CT molecular complexity index is 310. The lowest BCUT2D eigenvalue weighted by Crippen LogP contribution is -2.31. The van der Waals surface area contributed by atoms with Gasteiger partial charge in [-0.3, -0.25) is 0 Å². The van der Waals surface area contributed by atoms with E-state index >= 15 is 0 Å². The van der Waals surface area contributed by atoms with Crippen molar-refractivity contribution in [2.75, 3.05) is 6.54 Å². The standard InChI is InChI=1S/C9H16N4O/c1-4-11-9(10)12-5-8-13-6(2)7(3)14-8/h4-5H2,1-3H3,(H3,10,11,12). The maximum atomic E-state index is 5.55. The van der Waals surface area contributed by atoms with Crippen LogP contribution in [0.15, 0.2) is 9.41 Å². The molecule has 5 heteroatoms. The van der Waals surface area contributed by atoms with Crippen LogP contribution in [0.3, 0.4) is 0 Å². The van der Waals surface area contributed by atoms with E-state index in [1.54, 1.807) is 0 Å². The molecule has 0 amide bonds. The van der Waals surface area contributed by atoms with Crippen molar-refractivity contribution in [3.8, 4) is 0 Å². The molecule has 0 fully saturated rings. The van der Waals surface area contributed by atoms with Gasteiger partial charge in [0.15, 0.2) is 5.96 Å². The van der Waals surface area contributed by atoms with Crippen LogP contribution in [0, 0.1) is 13.8 Å². The Hall–Kier alpha value is -1.52. The maximum absolute atomic E-state index is 5.55. The fraction of sp³-hybridized carbons (Fsp3) is 0.556. The Balaban J connectivity index is 2.57. The molecule has 0 aliphatic rings. The van der Waals surface area contributed by atoms with Crippen LogP contribution >= 0.6 is 0 Å². The number of oxazole rings is 1. The Morgan fingerprint density at radius 1 is 1.57 bits per heavy atom. The van der Waals surface area contributed by atoms with Crippen molar-refractivity contribution in [3.05, 3.63) is 17.3 Å². The topological polar surface area (TPSA) is 76.4 Å². The molecule has 0 unspecified atom stereocenters. The van der Waals surface area contributed by atoms with Gasteiger partial charge in [0, 0.05) is 6.54 Å². The van der Waals surface area contributed by atoms with Crippen molar-refractivity contribution in [1.29, 1.82) is 0 Å². The third-order valence-electron chi connectivity index (χ3n) is 1.82. The molecule has 1 heterocycles. The van der Waals surface area contributed by atoms with Crippen molar-refractivity contribution in [2.24, 2.45) is 10.7 Å². The molecular weight excluding hydrogens is 180 g/mol. The zero-order chi connectivity index (χ0) is 10.6. The molecule has 0 aromatic carbocycles. The van der Waals surface area contributed by atoms with Crippen molar-refractivity contribution < 1.29 is 4.42 Å². The molecule has 1 rings (SSSR count). The van der Waals surface area contributed by atoms with E-state index in [-0.39, 0.29) is 0 Å². The number of aromatic nitrogens is 1. The molecule has 0 aliphatic carbocycles. The number of nitrogens with two attached hydrogens (primary N) is 1. The third-order valence-corrected chi connectivity index (χ3v) is 1.82. The second kappa shape index (κ2) is 4.64. The molecule has 0 spiro atoms. The van der Waals surface area contributed by atoms with Gasteiger partial charge in [0.25, 0.3) is 0 Å². The highest BCUT2D eigenvalue weighted by atomic mass is 16.4. The molecule has 14 heavy (non-hydrogen) atoms. The Kier molecular flexibility index (Phi) is 3.50. The van der Waals surface area contributed by atoms with Gasteiger partial charge in [0.1, 0.15) is 12.3 Å². The van der Waals surface area contributed by atoms with Crippen molar-refractivity contribution in [3.63, 3.8) is 0 Å². The molecule has 0 saturated heterocycles. The number of hydrogen-bond acceptors (Lipinski definition) is 3. The number of guanidine groups is 1. The first-order valence-electron chi connectivity index (χ1n) is 4.60. The SMILES string of the molecule is CCNC(N)=NCc1nc(C)c(C)o1. The summed E-state index contributed by atoms with van der Waals surface area (Å²) in [6.07, 6.45) is 0. The minimum absolute atomic E-state index is 0.382. The first-order valence-corrected chi connectivity index (χ1v) is 4.60. The first-order chi connectivity index (χ1) is 6.63. The van der Waals surface area contributed by atoms with Crippen LogP contribution in [0.5, 0.6) is 0 Å². The summed E-state index contributed by atoms with van der Waals surface area (Å²) in [5.41, 5.74) is 6.45. The molecule has 1 aromatic rings. The lowest BCUT2D eigenvalue weighted by Gasteiger charge is -1.99. The van der Waals surface area contributed by atoms with E-state index < -0.39 is 0 Å². The summed E-state index contributed by atoms with van der Waals surface area (Å²) in [5.74, 6) is 1.85. The highest BCUT2D eigenvalue weighted by molar-refractivity contribution is 5.77. The predicted molar refractivity (Wildman–Crippen MR) is 55.0 cm³/mol. The molecule has 78 valence electrons. The fourth-order valence-corrected chi connectivity index (χ4v) is 0.997. The van der Waals surface area contributed by atoms with Crippen LogP contribution in [0.2, 0.25) is 0 Å². The van der Waals surface area contributed by atoms with Crippen molar-refractivity contribution in [1.82, 2.24) is 10.3 Å². The lowest BCUT2D eigenvalue weighted by molar-refractivity contribution is 0.473. The van der Waals surface area contributed by atoms with Gasteiger partial charge < -0.3 is 15.5 Å². The van der Waals surface area contributed by atoms with Crippen LogP contribution in [0.25, 0.3) is 0 Å². The molecule has 3 N–H and O–H groups in total. The fourth-order valence-electron chi connectivity index (χ4n) is 0.997. The summed E-state index contributed by atoms with van der Waals surface area (Å²) < 4.78 is 5.34. The Labute approximate surface area is 83.4 Å². The predicted octanol–water partition coefficient (Wildman–Crippen LogP) is 0.716. The number of nitrogens with one attached hydrogen (secondary N) is 1. The third kappa shape index (κ3) is 2.76. The number of aliphatic imine (C=N–C) groups is 1. The van der Waals surface area contributed by atoms with Crippen molar-refractivity contribution in [2.45, 2.75) is 27.3 Å². The zero-order valence-corrected chi connectivity index (χ0v) is 8.79. The van der Waals surface area contributed by atoms with Gasteiger partial charge >= 0.3 is 0 Å². The van der Waals surface area contributed by atoms with Crippen LogP contribution in [-0.2, 0) is 6.54 Å². The number of aryl methyl sites for hydroxylation is 2. The van der Waals surface area contributed by atoms with Gasteiger partial charge in [-0.05, 0) is 20.8 Å². The lowest BCUT2D eigenvalue weighted by atomic mass is 10.4. The number of nitrogens with zero attached hydrogens (tertiary/aromatic N) is 2. The van der Waals surface area contributed by atoms with E-state index in [0.29, 0.717) is 18.4 Å². The number of rotatable bonds is 3. The number of hydrogen-bond donors (Lipinski definition) is 2. The van der Waals surface area contributed by atoms with E-state index in [9.17, 15) is 0 Å². The van der Waals surface area contributed by atoms with E-state index in [1.165, 1.54) is 0 Å². The van der Waals surface area contributed by atoms with Gasteiger partial charge in [0.05, 0.1) is 5.69 Å². The average molecular weight is 196 g/mol. The monoisotopic (exact) mass is 196 g/mol. The Morgan fingerprint density at radius 3 is 2.79 bits per heavy atom. The van der Waals surface area contributed by atoms with E-state index in [4.69, 9.17) is 10.2 Å². The second-order valence-electron chi connectivity index (χ2n) is 2.98. The minimum atomic E-state index is 0.382. The zero-order valence-electron chi connectivity index (χ0n) is 8.79. The molecule has 0 atom stereocenters. The van der Waals surface area contributed by atoms with E-state index in [2.05, 4.69) is 15.3 Å². The van der Waals surface area contributed by atoms with Crippen LogP contribution < -0.4 is 11.1 Å². The normalized spacial score (nSPS) is 11.8. The summed E-state index contributed by atoms with van der Waals surface area (Å²) in [5, 5.41) is 2.90. The molecular formula is C9H16N4O. The summed E-state index contributed by atoms with van der Waals surface area (Å²) >= 11 is 0. The maximum Gasteiger partial charge on any atom is 0.216 e. The van der Waals surface area contributed by atoms with E-state index in [1.807, 2.05) is 20.8 Å². The van der Waals surface area contributed by atoms with Gasteiger partial charge in [-0.25, -0.2) is 9.98 Å². The highest BCUT2D eigenvalue weighted by Gasteiger charge is 2.03. The van der Waals surface area contributed by atoms with E-state index in [0.717, 1.165) is 18.0 Å². The van der Waals surface area contributed by atoms with Gasteiger partial charge in [-0.1, -0.05) is 0 Å². The molecule has 5 nitrogen and oxygen atoms in total. The summed E-state index contributed by atoms with van der Waals surface area (Å²) in [4.78, 5) is 8.25. The Morgan fingerprint density at radius 2 is 2.29 bits per heavy atom. The minimum Gasteiger partial charge on any atom is -0.444 e. The molecule has 1 aromatic heterocycles.